The molecule has 0 radical (unpaired) electrons. The smallest absolute Gasteiger partial charge is 0.329 e. The predicted octanol–water partition coefficient (Wildman–Crippen LogP) is 0.816. The second-order valence-corrected chi connectivity index (χ2v) is 2.65. The third kappa shape index (κ3) is 3.66. The van der Waals surface area contributed by atoms with Crippen LogP contribution >= 0.6 is 0 Å². The normalized spacial score (nSPS) is 13.1. The fourth-order valence-corrected chi connectivity index (χ4v) is 0.783. The molecular formula is C8H12F2N2O2. The highest BCUT2D eigenvalue weighted by Gasteiger charge is 2.42. The van der Waals surface area contributed by atoms with E-state index in [2.05, 4.69) is 4.74 Å². The van der Waals surface area contributed by atoms with Crippen molar-refractivity contribution in [2.24, 2.45) is 5.73 Å². The van der Waals surface area contributed by atoms with Crippen LogP contribution in [0.1, 0.15) is 19.8 Å². The van der Waals surface area contributed by atoms with Gasteiger partial charge in [0.25, 0.3) is 5.92 Å². The molecule has 0 rings (SSSR count). The molecule has 2 N–H and O–H groups in total. The second-order valence-electron chi connectivity index (χ2n) is 2.65. The Labute approximate surface area is 80.6 Å². The highest BCUT2D eigenvalue weighted by atomic mass is 19.3. The minimum atomic E-state index is -3.39. The summed E-state index contributed by atoms with van der Waals surface area (Å²) >= 11 is 0. The summed E-state index contributed by atoms with van der Waals surface area (Å²) in [5.41, 5.74) is 4.99. The maximum atomic E-state index is 13.0. The van der Waals surface area contributed by atoms with E-state index in [-0.39, 0.29) is 13.0 Å². The molecule has 14 heavy (non-hydrogen) atoms. The van der Waals surface area contributed by atoms with Gasteiger partial charge in [-0.25, -0.2) is 8.78 Å². The quantitative estimate of drug-likeness (QED) is 0.675. The molecule has 0 saturated heterocycles. The molecule has 4 nitrogen and oxygen atoms in total. The first-order valence-electron chi connectivity index (χ1n) is 4.12. The molecule has 0 bridgehead atoms. The van der Waals surface area contributed by atoms with E-state index in [0.29, 0.717) is 0 Å². The summed E-state index contributed by atoms with van der Waals surface area (Å²) in [7, 11) is 0. The topological polar surface area (TPSA) is 76.1 Å². The molecule has 0 aromatic carbocycles. The highest BCUT2D eigenvalue weighted by Crippen LogP contribution is 2.24. The third-order valence-corrected chi connectivity index (χ3v) is 1.57. The Bertz CT molecular complexity index is 238. The first-order valence-corrected chi connectivity index (χ1v) is 4.12. The molecule has 0 amide bonds. The molecule has 0 fully saturated rings. The summed E-state index contributed by atoms with van der Waals surface area (Å²) in [5, 5.41) is 8.11. The van der Waals surface area contributed by atoms with Crippen molar-refractivity contribution in [1.82, 2.24) is 0 Å². The molecule has 0 spiro atoms. The number of carbonyl (C=O) groups excluding carboxylic acids is 1. The lowest BCUT2D eigenvalue weighted by atomic mass is 10.1. The van der Waals surface area contributed by atoms with Crippen molar-refractivity contribution in [2.75, 3.05) is 6.61 Å². The van der Waals surface area contributed by atoms with Gasteiger partial charge in [0.1, 0.15) is 0 Å². The third-order valence-electron chi connectivity index (χ3n) is 1.57. The average molecular weight is 206 g/mol. The monoisotopic (exact) mass is 206 g/mol. The van der Waals surface area contributed by atoms with Gasteiger partial charge in [-0.15, -0.1) is 0 Å². The average Bonchev–Trinajstić information content (AvgIpc) is 2.14. The first kappa shape index (κ1) is 12.8. The number of esters is 1. The summed E-state index contributed by atoms with van der Waals surface area (Å²) in [5.74, 6) is -4.53. The van der Waals surface area contributed by atoms with Crippen molar-refractivity contribution < 1.29 is 18.3 Å². The molecule has 0 aromatic rings. The molecule has 0 aliphatic rings. The Morgan fingerprint density at radius 1 is 1.71 bits per heavy atom. The minimum Gasteiger partial charge on any atom is -0.465 e. The lowest BCUT2D eigenvalue weighted by molar-refractivity contribution is -0.155. The maximum absolute atomic E-state index is 13.0. The summed E-state index contributed by atoms with van der Waals surface area (Å²) in [4.78, 5) is 10.8. The van der Waals surface area contributed by atoms with Crippen LogP contribution in [0.15, 0.2) is 0 Å². The summed E-state index contributed by atoms with van der Waals surface area (Å²) in [6.45, 7) is 1.50. The van der Waals surface area contributed by atoms with Crippen LogP contribution in [-0.2, 0) is 9.53 Å². The zero-order valence-corrected chi connectivity index (χ0v) is 7.80. The van der Waals surface area contributed by atoms with E-state index in [1.807, 2.05) is 0 Å². The number of carbonyl (C=O) groups is 1. The molecule has 0 aliphatic heterocycles. The van der Waals surface area contributed by atoms with Gasteiger partial charge in [-0.3, -0.25) is 4.79 Å². The van der Waals surface area contributed by atoms with Crippen LogP contribution in [-0.4, -0.2) is 24.5 Å². The molecule has 0 unspecified atom stereocenters. The number of ether oxygens (including phenoxy) is 1. The summed E-state index contributed by atoms with van der Waals surface area (Å²) in [6, 6.07) is -0.428. The SMILES string of the molecule is CCOC(=O)[C@H](N)C(F)(F)CCC#N. The van der Waals surface area contributed by atoms with Crippen LogP contribution in [0, 0.1) is 11.3 Å². The van der Waals surface area contributed by atoms with Crippen LogP contribution < -0.4 is 5.73 Å². The number of hydrogen-bond donors (Lipinski definition) is 1. The van der Waals surface area contributed by atoms with Crippen molar-refractivity contribution in [3.8, 4) is 6.07 Å². The lowest BCUT2D eigenvalue weighted by Gasteiger charge is -2.20. The number of nitrogens with zero attached hydrogens (tertiary/aromatic N) is 1. The van der Waals surface area contributed by atoms with Gasteiger partial charge >= 0.3 is 5.97 Å². The first-order chi connectivity index (χ1) is 6.45. The van der Waals surface area contributed by atoms with Crippen LogP contribution in [0.3, 0.4) is 0 Å². The van der Waals surface area contributed by atoms with Gasteiger partial charge < -0.3 is 10.5 Å². The van der Waals surface area contributed by atoms with Gasteiger partial charge in [0, 0.05) is 12.8 Å². The molecule has 0 saturated carbocycles. The van der Waals surface area contributed by atoms with Gasteiger partial charge in [-0.2, -0.15) is 5.26 Å². The number of nitriles is 1. The number of nitrogens with two attached hydrogens (primary N) is 1. The zero-order valence-electron chi connectivity index (χ0n) is 7.80. The molecule has 1 atom stereocenters. The molecule has 6 heteroatoms. The van der Waals surface area contributed by atoms with Crippen LogP contribution in [0.4, 0.5) is 8.78 Å². The fraction of sp³-hybridized carbons (Fsp3) is 0.750. The molecule has 0 aliphatic carbocycles. The van der Waals surface area contributed by atoms with Crippen molar-refractivity contribution in [1.29, 1.82) is 5.26 Å². The zero-order chi connectivity index (χ0) is 11.2. The number of hydrogen-bond acceptors (Lipinski definition) is 4. The van der Waals surface area contributed by atoms with Gasteiger partial charge in [0.2, 0.25) is 0 Å². The number of halogens is 2. The Morgan fingerprint density at radius 2 is 2.29 bits per heavy atom. The maximum Gasteiger partial charge on any atom is 0.329 e. The standard InChI is InChI=1S/C8H12F2N2O2/c1-2-14-7(13)6(12)8(9,10)4-3-5-11/h6H,2-4,12H2,1H3/t6-/m0/s1. The molecule has 80 valence electrons. The van der Waals surface area contributed by atoms with E-state index in [1.165, 1.54) is 6.92 Å². The predicted molar refractivity (Wildman–Crippen MR) is 44.4 cm³/mol. The number of alkyl halides is 2. The van der Waals surface area contributed by atoms with Gasteiger partial charge in [-0.05, 0) is 6.92 Å². The van der Waals surface area contributed by atoms with Crippen molar-refractivity contribution in [3.05, 3.63) is 0 Å². The van der Waals surface area contributed by atoms with Crippen molar-refractivity contribution in [2.45, 2.75) is 31.7 Å². The van der Waals surface area contributed by atoms with E-state index in [0.717, 1.165) is 0 Å². The van der Waals surface area contributed by atoms with E-state index in [9.17, 15) is 13.6 Å². The minimum absolute atomic E-state index is 0.000856. The number of rotatable bonds is 5. The largest absolute Gasteiger partial charge is 0.465 e. The van der Waals surface area contributed by atoms with Gasteiger partial charge in [0.05, 0.1) is 12.7 Å². The van der Waals surface area contributed by atoms with E-state index < -0.39 is 24.4 Å². The summed E-state index contributed by atoms with van der Waals surface area (Å²) in [6.07, 6.45) is -1.08. The van der Waals surface area contributed by atoms with Gasteiger partial charge in [0.15, 0.2) is 6.04 Å². The van der Waals surface area contributed by atoms with Crippen molar-refractivity contribution in [3.63, 3.8) is 0 Å². The Kier molecular flexibility index (Phi) is 5.02. The van der Waals surface area contributed by atoms with Crippen LogP contribution in [0.5, 0.6) is 0 Å². The van der Waals surface area contributed by atoms with Crippen LogP contribution in [0.25, 0.3) is 0 Å². The fourth-order valence-electron chi connectivity index (χ4n) is 0.783. The highest BCUT2D eigenvalue weighted by molar-refractivity contribution is 5.76. The molecular weight excluding hydrogens is 194 g/mol. The van der Waals surface area contributed by atoms with Crippen molar-refractivity contribution >= 4 is 5.97 Å². The van der Waals surface area contributed by atoms with E-state index >= 15 is 0 Å². The van der Waals surface area contributed by atoms with Crippen LogP contribution in [0.2, 0.25) is 0 Å². The molecule has 0 aromatic heterocycles. The van der Waals surface area contributed by atoms with E-state index in [1.54, 1.807) is 6.07 Å². The lowest BCUT2D eigenvalue weighted by Crippen LogP contribution is -2.47. The Hall–Kier alpha value is -1.22. The summed E-state index contributed by atoms with van der Waals surface area (Å²) < 4.78 is 30.3. The second kappa shape index (κ2) is 5.50. The van der Waals surface area contributed by atoms with Gasteiger partial charge in [-0.1, -0.05) is 0 Å². The molecule has 0 heterocycles. The van der Waals surface area contributed by atoms with E-state index in [4.69, 9.17) is 11.0 Å². The Balaban J connectivity index is 4.26. The Morgan fingerprint density at radius 3 is 2.71 bits per heavy atom.